The van der Waals surface area contributed by atoms with Crippen LogP contribution in [0.15, 0.2) is 76.3 Å². The fourth-order valence-electron chi connectivity index (χ4n) is 2.79. The molecule has 0 aliphatic carbocycles. The van der Waals surface area contributed by atoms with Gasteiger partial charge < -0.3 is 4.90 Å². The predicted octanol–water partition coefficient (Wildman–Crippen LogP) is 4.00. The molecule has 136 valence electrons. The van der Waals surface area contributed by atoms with Crippen molar-refractivity contribution in [2.75, 3.05) is 20.6 Å². The van der Waals surface area contributed by atoms with Crippen molar-refractivity contribution < 1.29 is 8.42 Å². The minimum atomic E-state index is -3.55. The summed E-state index contributed by atoms with van der Waals surface area (Å²) in [6.45, 7) is 0.326. The molecule has 6 heteroatoms. The second-order valence-electron chi connectivity index (χ2n) is 6.28. The Hall–Kier alpha value is -1.99. The van der Waals surface area contributed by atoms with Gasteiger partial charge in [-0.15, -0.1) is 0 Å². The van der Waals surface area contributed by atoms with Gasteiger partial charge in [-0.05, 0) is 59.7 Å². The van der Waals surface area contributed by atoms with E-state index in [1.807, 2.05) is 78.3 Å². The molecule has 0 spiro atoms. The molecule has 0 unspecified atom stereocenters. The summed E-state index contributed by atoms with van der Waals surface area (Å²) in [6, 6.07) is 18.9. The minimum Gasteiger partial charge on any atom is -0.301 e. The third-order valence-corrected chi connectivity index (χ3v) is 6.43. The van der Waals surface area contributed by atoms with E-state index in [4.69, 9.17) is 0 Å². The summed E-state index contributed by atoms with van der Waals surface area (Å²) in [5.74, 6) is 0. The molecule has 1 aromatic heterocycles. The quantitative estimate of drug-likeness (QED) is 0.668. The zero-order chi connectivity index (χ0) is 18.6. The molecule has 0 fully saturated rings. The number of hydrogen-bond donors (Lipinski definition) is 1. The van der Waals surface area contributed by atoms with Gasteiger partial charge in [0.25, 0.3) is 0 Å². The summed E-state index contributed by atoms with van der Waals surface area (Å²) >= 11 is 1.61. The van der Waals surface area contributed by atoms with E-state index in [0.717, 1.165) is 16.7 Å². The molecule has 3 rings (SSSR count). The van der Waals surface area contributed by atoms with Crippen LogP contribution in [0, 0.1) is 0 Å². The second-order valence-corrected chi connectivity index (χ2v) is 8.83. The number of nitrogens with one attached hydrogen (secondary N) is 1. The van der Waals surface area contributed by atoms with Gasteiger partial charge in [-0.1, -0.05) is 42.5 Å². The van der Waals surface area contributed by atoms with E-state index in [0.29, 0.717) is 6.54 Å². The highest BCUT2D eigenvalue weighted by atomic mass is 32.2. The van der Waals surface area contributed by atoms with E-state index in [2.05, 4.69) is 4.72 Å². The lowest BCUT2D eigenvalue weighted by molar-refractivity contribution is 0.300. The van der Waals surface area contributed by atoms with Gasteiger partial charge in [0.1, 0.15) is 0 Å². The first-order chi connectivity index (χ1) is 12.5. The van der Waals surface area contributed by atoms with Crippen molar-refractivity contribution in [3.8, 4) is 11.1 Å². The van der Waals surface area contributed by atoms with Crippen LogP contribution in [0.5, 0.6) is 0 Å². The maximum absolute atomic E-state index is 12.6. The molecular formula is C20H22N2O2S2. The first-order valence-corrected chi connectivity index (χ1v) is 10.7. The maximum atomic E-state index is 12.6. The lowest BCUT2D eigenvalue weighted by Crippen LogP contribution is -2.34. The molecule has 4 nitrogen and oxygen atoms in total. The number of benzene rings is 2. The van der Waals surface area contributed by atoms with Crippen LogP contribution in [0.4, 0.5) is 0 Å². The monoisotopic (exact) mass is 386 g/mol. The predicted molar refractivity (Wildman–Crippen MR) is 108 cm³/mol. The average molecular weight is 387 g/mol. The minimum absolute atomic E-state index is 0.000355. The molecule has 0 amide bonds. The van der Waals surface area contributed by atoms with Crippen LogP contribution in [-0.2, 0) is 10.0 Å². The summed E-state index contributed by atoms with van der Waals surface area (Å²) in [6.07, 6.45) is 0. The van der Waals surface area contributed by atoms with Crippen molar-refractivity contribution in [3.05, 3.63) is 77.0 Å². The molecular weight excluding hydrogens is 364 g/mol. The Morgan fingerprint density at radius 1 is 0.962 bits per heavy atom. The molecule has 26 heavy (non-hydrogen) atoms. The first kappa shape index (κ1) is 18.8. The van der Waals surface area contributed by atoms with Crippen molar-refractivity contribution in [1.82, 2.24) is 9.62 Å². The first-order valence-electron chi connectivity index (χ1n) is 8.31. The summed E-state index contributed by atoms with van der Waals surface area (Å²) in [5.41, 5.74) is 3.17. The van der Waals surface area contributed by atoms with Crippen molar-refractivity contribution in [1.29, 1.82) is 0 Å². The van der Waals surface area contributed by atoms with E-state index in [-0.39, 0.29) is 10.9 Å². The summed E-state index contributed by atoms with van der Waals surface area (Å²) in [7, 11) is 0.347. The summed E-state index contributed by atoms with van der Waals surface area (Å²) in [4.78, 5) is 2.29. The standard InChI is InChI=1S/C20H22N2O2S2/c1-22(2)20(18-12-13-25-15-18)14-21-26(23,24)19-10-8-17(9-11-19)16-6-4-3-5-7-16/h3-13,15,20-21H,14H2,1-2H3/t20-/m0/s1. The van der Waals surface area contributed by atoms with Crippen LogP contribution in [0.3, 0.4) is 0 Å². The molecule has 0 radical (unpaired) electrons. The Morgan fingerprint density at radius 3 is 2.19 bits per heavy atom. The zero-order valence-electron chi connectivity index (χ0n) is 14.8. The number of nitrogens with zero attached hydrogens (tertiary/aromatic N) is 1. The third kappa shape index (κ3) is 4.40. The van der Waals surface area contributed by atoms with Crippen LogP contribution < -0.4 is 4.72 Å². The van der Waals surface area contributed by atoms with Gasteiger partial charge in [0, 0.05) is 12.6 Å². The second kappa shape index (κ2) is 8.14. The fraction of sp³-hybridized carbons (Fsp3) is 0.200. The van der Waals surface area contributed by atoms with Crippen LogP contribution >= 0.6 is 11.3 Å². The highest BCUT2D eigenvalue weighted by Crippen LogP contribution is 2.23. The lowest BCUT2D eigenvalue weighted by atomic mass is 10.1. The van der Waals surface area contributed by atoms with Crippen LogP contribution in [-0.4, -0.2) is 34.0 Å². The Kier molecular flexibility index (Phi) is 5.88. The highest BCUT2D eigenvalue weighted by molar-refractivity contribution is 7.89. The van der Waals surface area contributed by atoms with Gasteiger partial charge in [-0.25, -0.2) is 13.1 Å². The molecule has 3 aromatic rings. The Bertz CT molecular complexity index is 920. The number of sulfonamides is 1. The van der Waals surface area contributed by atoms with E-state index >= 15 is 0 Å². The van der Waals surface area contributed by atoms with Gasteiger partial charge in [-0.3, -0.25) is 0 Å². The Labute approximate surface area is 159 Å². The Morgan fingerprint density at radius 2 is 1.62 bits per heavy atom. The smallest absolute Gasteiger partial charge is 0.240 e. The molecule has 0 saturated heterocycles. The normalized spacial score (nSPS) is 13.0. The molecule has 0 aliphatic rings. The number of likely N-dealkylation sites (N-methyl/N-ethyl adjacent to an activating group) is 1. The van der Waals surface area contributed by atoms with Crippen molar-refractivity contribution in [2.24, 2.45) is 0 Å². The SMILES string of the molecule is CN(C)[C@@H](CNS(=O)(=O)c1ccc(-c2ccccc2)cc1)c1ccsc1. The molecule has 1 atom stereocenters. The number of thiophene rings is 1. The van der Waals surface area contributed by atoms with Crippen LogP contribution in [0.25, 0.3) is 11.1 Å². The largest absolute Gasteiger partial charge is 0.301 e. The van der Waals surface area contributed by atoms with Crippen molar-refractivity contribution >= 4 is 21.4 Å². The molecule has 1 N–H and O–H groups in total. The number of rotatable bonds is 7. The Balaban J connectivity index is 1.74. The van der Waals surface area contributed by atoms with Crippen LogP contribution in [0.1, 0.15) is 11.6 Å². The van der Waals surface area contributed by atoms with Crippen LogP contribution in [0.2, 0.25) is 0 Å². The van der Waals surface area contributed by atoms with Gasteiger partial charge in [-0.2, -0.15) is 11.3 Å². The number of hydrogen-bond acceptors (Lipinski definition) is 4. The van der Waals surface area contributed by atoms with Crippen molar-refractivity contribution in [2.45, 2.75) is 10.9 Å². The van der Waals surface area contributed by atoms with Gasteiger partial charge in [0.15, 0.2) is 0 Å². The van der Waals surface area contributed by atoms with Gasteiger partial charge in [0.2, 0.25) is 10.0 Å². The zero-order valence-corrected chi connectivity index (χ0v) is 16.4. The van der Waals surface area contributed by atoms with Gasteiger partial charge in [0.05, 0.1) is 4.90 Å². The van der Waals surface area contributed by atoms with E-state index in [1.54, 1.807) is 23.5 Å². The maximum Gasteiger partial charge on any atom is 0.240 e. The molecule has 2 aromatic carbocycles. The van der Waals surface area contributed by atoms with E-state index in [1.165, 1.54) is 0 Å². The van der Waals surface area contributed by atoms with Gasteiger partial charge >= 0.3 is 0 Å². The third-order valence-electron chi connectivity index (χ3n) is 4.29. The topological polar surface area (TPSA) is 49.4 Å². The average Bonchev–Trinajstić information content (AvgIpc) is 3.17. The molecule has 0 bridgehead atoms. The van der Waals surface area contributed by atoms with Crippen molar-refractivity contribution in [3.63, 3.8) is 0 Å². The van der Waals surface area contributed by atoms with E-state index in [9.17, 15) is 8.42 Å². The van der Waals surface area contributed by atoms with E-state index < -0.39 is 10.0 Å². The fourth-order valence-corrected chi connectivity index (χ4v) is 4.54. The molecule has 1 heterocycles. The molecule has 0 aliphatic heterocycles. The summed E-state index contributed by atoms with van der Waals surface area (Å²) in [5, 5.41) is 4.05. The highest BCUT2D eigenvalue weighted by Gasteiger charge is 2.20. The molecule has 0 saturated carbocycles. The summed E-state index contributed by atoms with van der Waals surface area (Å²) < 4.78 is 28.0. The lowest BCUT2D eigenvalue weighted by Gasteiger charge is -2.24.